The predicted octanol–water partition coefficient (Wildman–Crippen LogP) is 4.97. The third-order valence-electron chi connectivity index (χ3n) is 3.20. The fraction of sp³-hybridized carbons (Fsp3) is 0.0625. The smallest absolute Gasteiger partial charge is 0.178 e. The first kappa shape index (κ1) is 14.0. The average Bonchev–Trinajstić information content (AvgIpc) is 2.90. The minimum absolute atomic E-state index is 0.378. The van der Waals surface area contributed by atoms with E-state index in [4.69, 9.17) is 21.9 Å². The van der Waals surface area contributed by atoms with Gasteiger partial charge >= 0.3 is 0 Å². The maximum atomic E-state index is 6.00. The summed E-state index contributed by atoms with van der Waals surface area (Å²) in [6.07, 6.45) is 2.03. The summed E-state index contributed by atoms with van der Waals surface area (Å²) in [6, 6.07) is 15.5. The van der Waals surface area contributed by atoms with Crippen LogP contribution in [0.1, 0.15) is 0 Å². The zero-order valence-corrected chi connectivity index (χ0v) is 12.9. The Labute approximate surface area is 132 Å². The molecule has 0 aliphatic heterocycles. The van der Waals surface area contributed by atoms with Gasteiger partial charge in [-0.2, -0.15) is 0 Å². The van der Waals surface area contributed by atoms with E-state index in [1.807, 2.05) is 54.8 Å². The Hall–Kier alpha value is -1.91. The quantitative estimate of drug-likeness (QED) is 0.693. The fourth-order valence-corrected chi connectivity index (χ4v) is 2.94. The monoisotopic (exact) mass is 316 g/mol. The molecule has 0 fully saturated rings. The van der Waals surface area contributed by atoms with Gasteiger partial charge in [-0.25, -0.2) is 0 Å². The molecule has 0 aliphatic carbocycles. The summed E-state index contributed by atoms with van der Waals surface area (Å²) >= 11 is 7.60. The summed E-state index contributed by atoms with van der Waals surface area (Å²) in [5, 5.41) is 4.61. The van der Waals surface area contributed by atoms with Gasteiger partial charge in [-0.3, -0.25) is 0 Å². The lowest BCUT2D eigenvalue weighted by atomic mass is 10.0. The highest BCUT2D eigenvalue weighted by molar-refractivity contribution is 7.98. The molecule has 0 saturated carbocycles. The average molecular weight is 317 g/mol. The van der Waals surface area contributed by atoms with Crippen LogP contribution in [0.15, 0.2) is 57.9 Å². The molecule has 3 rings (SSSR count). The molecular weight excluding hydrogens is 304 g/mol. The Morgan fingerprint density at radius 2 is 1.81 bits per heavy atom. The summed E-state index contributed by atoms with van der Waals surface area (Å²) in [5.74, 6) is 1.06. The number of benzene rings is 2. The molecule has 0 unspecified atom stereocenters. The molecule has 2 N–H and O–H groups in total. The number of hydrogen-bond donors (Lipinski definition) is 1. The summed E-state index contributed by atoms with van der Waals surface area (Å²) in [7, 11) is 0. The van der Waals surface area contributed by atoms with Crippen LogP contribution in [-0.2, 0) is 0 Å². The fourth-order valence-electron chi connectivity index (χ4n) is 2.21. The maximum absolute atomic E-state index is 6.00. The number of nitrogens with two attached hydrogens (primary N) is 1. The molecule has 0 aliphatic rings. The molecule has 106 valence electrons. The van der Waals surface area contributed by atoms with E-state index in [9.17, 15) is 0 Å². The zero-order valence-electron chi connectivity index (χ0n) is 11.3. The van der Waals surface area contributed by atoms with Gasteiger partial charge in [0.05, 0.1) is 5.56 Å². The number of halogens is 1. The first-order valence-corrected chi connectivity index (χ1v) is 7.95. The van der Waals surface area contributed by atoms with Gasteiger partial charge in [-0.05, 0) is 36.1 Å². The van der Waals surface area contributed by atoms with Crippen LogP contribution in [-0.4, -0.2) is 11.4 Å². The second kappa shape index (κ2) is 5.84. The van der Waals surface area contributed by atoms with Crippen molar-refractivity contribution in [2.75, 3.05) is 12.0 Å². The molecule has 0 saturated heterocycles. The number of aromatic nitrogens is 1. The lowest BCUT2D eigenvalue weighted by Crippen LogP contribution is -1.89. The van der Waals surface area contributed by atoms with Crippen LogP contribution in [0.3, 0.4) is 0 Å². The van der Waals surface area contributed by atoms with Crippen LogP contribution in [0.2, 0.25) is 5.02 Å². The minimum atomic E-state index is 0.378. The van der Waals surface area contributed by atoms with E-state index in [0.29, 0.717) is 16.6 Å². The van der Waals surface area contributed by atoms with Gasteiger partial charge in [-0.1, -0.05) is 41.0 Å². The van der Waals surface area contributed by atoms with Crippen LogP contribution < -0.4 is 5.73 Å². The lowest BCUT2D eigenvalue weighted by molar-refractivity contribution is 0.435. The molecule has 21 heavy (non-hydrogen) atoms. The van der Waals surface area contributed by atoms with Gasteiger partial charge in [-0.15, -0.1) is 11.8 Å². The van der Waals surface area contributed by atoms with E-state index >= 15 is 0 Å². The highest BCUT2D eigenvalue weighted by atomic mass is 35.5. The van der Waals surface area contributed by atoms with Crippen molar-refractivity contribution in [3.63, 3.8) is 0 Å². The lowest BCUT2D eigenvalue weighted by Gasteiger charge is -2.06. The van der Waals surface area contributed by atoms with Crippen LogP contribution in [0, 0.1) is 0 Å². The van der Waals surface area contributed by atoms with Crippen molar-refractivity contribution >= 4 is 29.2 Å². The van der Waals surface area contributed by atoms with E-state index < -0.39 is 0 Å². The Kier molecular flexibility index (Phi) is 3.90. The largest absolute Gasteiger partial charge is 0.380 e. The minimum Gasteiger partial charge on any atom is -0.380 e. The first-order chi connectivity index (χ1) is 10.2. The Morgan fingerprint density at radius 3 is 2.52 bits per heavy atom. The second-order valence-electron chi connectivity index (χ2n) is 4.48. The van der Waals surface area contributed by atoms with Gasteiger partial charge < -0.3 is 10.3 Å². The van der Waals surface area contributed by atoms with Crippen LogP contribution in [0.25, 0.3) is 22.5 Å². The summed E-state index contributed by atoms with van der Waals surface area (Å²) in [5.41, 5.74) is 8.71. The van der Waals surface area contributed by atoms with Crippen LogP contribution >= 0.6 is 23.4 Å². The van der Waals surface area contributed by atoms with E-state index in [2.05, 4.69) is 5.16 Å². The zero-order chi connectivity index (χ0) is 14.8. The Morgan fingerprint density at radius 1 is 1.10 bits per heavy atom. The highest BCUT2D eigenvalue weighted by Crippen LogP contribution is 2.40. The van der Waals surface area contributed by atoms with Crippen molar-refractivity contribution in [2.45, 2.75) is 4.90 Å². The SMILES string of the molecule is CSc1ccccc1-c1onc(N)c1-c1ccc(Cl)cc1. The van der Waals surface area contributed by atoms with E-state index in [0.717, 1.165) is 21.6 Å². The third-order valence-corrected chi connectivity index (χ3v) is 4.25. The predicted molar refractivity (Wildman–Crippen MR) is 88.6 cm³/mol. The first-order valence-electron chi connectivity index (χ1n) is 6.35. The summed E-state index contributed by atoms with van der Waals surface area (Å²) in [6.45, 7) is 0. The van der Waals surface area contributed by atoms with Gasteiger partial charge in [0.25, 0.3) is 0 Å². The Bertz CT molecular complexity index is 768. The number of hydrogen-bond acceptors (Lipinski definition) is 4. The molecule has 1 heterocycles. The maximum Gasteiger partial charge on any atom is 0.178 e. The Balaban J connectivity index is 2.19. The molecule has 2 aromatic carbocycles. The number of rotatable bonds is 3. The molecule has 1 aromatic heterocycles. The number of nitrogen functional groups attached to an aromatic ring is 1. The topological polar surface area (TPSA) is 52.0 Å². The van der Waals surface area contributed by atoms with Crippen molar-refractivity contribution in [1.82, 2.24) is 5.16 Å². The molecule has 0 spiro atoms. The standard InChI is InChI=1S/C16H13ClN2OS/c1-21-13-5-3-2-4-12(13)15-14(16(18)19-20-15)10-6-8-11(17)9-7-10/h2-9H,1H3,(H2,18,19). The van der Waals surface area contributed by atoms with Crippen LogP contribution in [0.4, 0.5) is 5.82 Å². The normalized spacial score (nSPS) is 10.8. The molecule has 0 radical (unpaired) electrons. The number of nitrogens with zero attached hydrogens (tertiary/aromatic N) is 1. The molecular formula is C16H13ClN2OS. The van der Waals surface area contributed by atoms with Crippen molar-refractivity contribution in [3.8, 4) is 22.5 Å². The summed E-state index contributed by atoms with van der Waals surface area (Å²) < 4.78 is 5.49. The molecule has 0 amide bonds. The second-order valence-corrected chi connectivity index (χ2v) is 5.76. The van der Waals surface area contributed by atoms with Gasteiger partial charge in [0.1, 0.15) is 0 Å². The van der Waals surface area contributed by atoms with E-state index in [1.165, 1.54) is 0 Å². The molecule has 5 heteroatoms. The van der Waals surface area contributed by atoms with Crippen LogP contribution in [0.5, 0.6) is 0 Å². The summed E-state index contributed by atoms with van der Waals surface area (Å²) in [4.78, 5) is 1.11. The number of anilines is 1. The van der Waals surface area contributed by atoms with Gasteiger partial charge in [0.15, 0.2) is 11.6 Å². The van der Waals surface area contributed by atoms with Crippen molar-refractivity contribution in [3.05, 3.63) is 53.6 Å². The molecule has 3 aromatic rings. The molecule has 3 nitrogen and oxygen atoms in total. The van der Waals surface area contributed by atoms with Gasteiger partial charge in [0.2, 0.25) is 0 Å². The molecule has 0 atom stereocenters. The number of thioether (sulfide) groups is 1. The third kappa shape index (κ3) is 2.64. The van der Waals surface area contributed by atoms with E-state index in [1.54, 1.807) is 11.8 Å². The van der Waals surface area contributed by atoms with Crippen molar-refractivity contribution in [1.29, 1.82) is 0 Å². The van der Waals surface area contributed by atoms with E-state index in [-0.39, 0.29) is 0 Å². The van der Waals surface area contributed by atoms with Crippen molar-refractivity contribution in [2.24, 2.45) is 0 Å². The van der Waals surface area contributed by atoms with Gasteiger partial charge in [0, 0.05) is 15.5 Å². The highest BCUT2D eigenvalue weighted by Gasteiger charge is 2.19. The molecule has 0 bridgehead atoms. The van der Waals surface area contributed by atoms with Crippen molar-refractivity contribution < 1.29 is 4.52 Å².